The third-order valence-electron chi connectivity index (χ3n) is 4.76. The highest BCUT2D eigenvalue weighted by atomic mass is 16.6. The molecule has 0 aromatic heterocycles. The van der Waals surface area contributed by atoms with Crippen molar-refractivity contribution in [3.8, 4) is 0 Å². The Kier molecular flexibility index (Phi) is 7.64. The van der Waals surface area contributed by atoms with Crippen molar-refractivity contribution < 1.29 is 14.3 Å². The minimum Gasteiger partial charge on any atom is -0.444 e. The van der Waals surface area contributed by atoms with Gasteiger partial charge in [-0.25, -0.2) is 9.79 Å². The van der Waals surface area contributed by atoms with Crippen LogP contribution in [0, 0.1) is 5.92 Å². The lowest BCUT2D eigenvalue weighted by Crippen LogP contribution is -2.48. The molecule has 1 aromatic rings. The first kappa shape index (κ1) is 23.9. The van der Waals surface area contributed by atoms with Crippen LogP contribution in [-0.2, 0) is 15.1 Å². The van der Waals surface area contributed by atoms with E-state index in [0.29, 0.717) is 19.4 Å². The van der Waals surface area contributed by atoms with Gasteiger partial charge in [0.1, 0.15) is 5.60 Å². The molecular formula is C23H36N4O3. The first-order chi connectivity index (χ1) is 13.9. The summed E-state index contributed by atoms with van der Waals surface area (Å²) in [5.74, 6) is 0.339. The van der Waals surface area contributed by atoms with E-state index in [1.54, 1.807) is 25.7 Å². The molecule has 2 atom stereocenters. The summed E-state index contributed by atoms with van der Waals surface area (Å²) in [7, 11) is 0. The van der Waals surface area contributed by atoms with Crippen molar-refractivity contribution in [2.45, 2.75) is 78.0 Å². The molecule has 0 radical (unpaired) electrons. The van der Waals surface area contributed by atoms with Crippen LogP contribution < -0.4 is 11.1 Å². The maximum atomic E-state index is 13.7. The molecule has 7 nitrogen and oxygen atoms in total. The lowest BCUT2D eigenvalue weighted by atomic mass is 9.82. The second-order valence-corrected chi connectivity index (χ2v) is 9.46. The van der Waals surface area contributed by atoms with Gasteiger partial charge >= 0.3 is 6.09 Å². The van der Waals surface area contributed by atoms with Gasteiger partial charge in [-0.3, -0.25) is 15.0 Å². The molecule has 1 heterocycles. The molecule has 0 fully saturated rings. The van der Waals surface area contributed by atoms with Crippen molar-refractivity contribution in [2.75, 3.05) is 6.54 Å². The Morgan fingerprint density at radius 3 is 2.40 bits per heavy atom. The average molecular weight is 417 g/mol. The maximum absolute atomic E-state index is 13.7. The number of guanidine groups is 1. The molecule has 0 saturated carbocycles. The number of carbonyl (C=O) groups excluding carboxylic acids is 2. The second-order valence-electron chi connectivity index (χ2n) is 9.46. The number of carbonyl (C=O) groups is 2. The molecule has 2 amide bonds. The second kappa shape index (κ2) is 9.60. The van der Waals surface area contributed by atoms with E-state index in [4.69, 9.17) is 15.5 Å². The SMILES string of the molecule is CC(C)C[C@]1(c2ccccc2)N=C(NC(=O)OC(C)(C)C)N(CCC[C@H](C)N)C1=O. The number of amides is 2. The molecule has 3 N–H and O–H groups in total. The van der Waals surface area contributed by atoms with Crippen molar-refractivity contribution in [1.82, 2.24) is 10.2 Å². The van der Waals surface area contributed by atoms with Gasteiger partial charge in [0.25, 0.3) is 5.91 Å². The van der Waals surface area contributed by atoms with Crippen LogP contribution in [-0.4, -0.2) is 41.0 Å². The van der Waals surface area contributed by atoms with E-state index >= 15 is 0 Å². The number of hydrogen-bond donors (Lipinski definition) is 2. The zero-order valence-electron chi connectivity index (χ0n) is 19.1. The summed E-state index contributed by atoms with van der Waals surface area (Å²) >= 11 is 0. The van der Waals surface area contributed by atoms with E-state index in [1.807, 2.05) is 37.3 Å². The summed E-state index contributed by atoms with van der Waals surface area (Å²) in [5, 5.41) is 2.71. The Balaban J connectivity index is 2.42. The number of ether oxygens (including phenoxy) is 1. The number of nitrogens with zero attached hydrogens (tertiary/aromatic N) is 2. The zero-order chi connectivity index (χ0) is 22.5. The Bertz CT molecular complexity index is 768. The fourth-order valence-electron chi connectivity index (χ4n) is 3.62. The van der Waals surface area contributed by atoms with Crippen LogP contribution >= 0.6 is 0 Å². The molecule has 30 heavy (non-hydrogen) atoms. The van der Waals surface area contributed by atoms with Gasteiger partial charge in [-0.2, -0.15) is 0 Å². The number of aliphatic imine (C=N–C) groups is 1. The topological polar surface area (TPSA) is 97.0 Å². The van der Waals surface area contributed by atoms with Crippen LogP contribution in [0.4, 0.5) is 4.79 Å². The van der Waals surface area contributed by atoms with Crippen molar-refractivity contribution in [3.63, 3.8) is 0 Å². The van der Waals surface area contributed by atoms with Crippen LogP contribution in [0.3, 0.4) is 0 Å². The molecule has 0 aliphatic carbocycles. The molecular weight excluding hydrogens is 380 g/mol. The van der Waals surface area contributed by atoms with Gasteiger partial charge in [0, 0.05) is 12.6 Å². The fourth-order valence-corrected chi connectivity index (χ4v) is 3.62. The molecule has 2 rings (SSSR count). The van der Waals surface area contributed by atoms with Gasteiger partial charge in [-0.05, 0) is 58.4 Å². The van der Waals surface area contributed by atoms with Crippen LogP contribution in [0.15, 0.2) is 35.3 Å². The third-order valence-corrected chi connectivity index (χ3v) is 4.76. The van der Waals surface area contributed by atoms with Crippen molar-refractivity contribution in [2.24, 2.45) is 16.6 Å². The normalized spacial score (nSPS) is 20.3. The predicted molar refractivity (Wildman–Crippen MR) is 119 cm³/mol. The van der Waals surface area contributed by atoms with Crippen molar-refractivity contribution >= 4 is 18.0 Å². The van der Waals surface area contributed by atoms with Crippen LogP contribution in [0.5, 0.6) is 0 Å². The van der Waals surface area contributed by atoms with Crippen molar-refractivity contribution in [1.29, 1.82) is 0 Å². The number of nitrogens with one attached hydrogen (secondary N) is 1. The van der Waals surface area contributed by atoms with Gasteiger partial charge in [-0.15, -0.1) is 0 Å². The van der Waals surface area contributed by atoms with E-state index in [9.17, 15) is 9.59 Å². The van der Waals surface area contributed by atoms with Crippen LogP contribution in [0.1, 0.15) is 66.4 Å². The number of nitrogens with two attached hydrogens (primary N) is 1. The Morgan fingerprint density at radius 2 is 1.87 bits per heavy atom. The first-order valence-corrected chi connectivity index (χ1v) is 10.7. The highest BCUT2D eigenvalue weighted by Crippen LogP contribution is 2.39. The highest BCUT2D eigenvalue weighted by molar-refractivity contribution is 6.11. The number of hydrogen-bond acceptors (Lipinski definition) is 5. The number of rotatable bonds is 7. The molecule has 1 aromatic carbocycles. The van der Waals surface area contributed by atoms with Crippen molar-refractivity contribution in [3.05, 3.63) is 35.9 Å². The van der Waals surface area contributed by atoms with Gasteiger partial charge in [-0.1, -0.05) is 44.2 Å². The van der Waals surface area contributed by atoms with E-state index in [-0.39, 0.29) is 23.8 Å². The van der Waals surface area contributed by atoms with Gasteiger partial charge in [0.15, 0.2) is 5.54 Å². The minimum absolute atomic E-state index is 0.0384. The smallest absolute Gasteiger partial charge is 0.414 e. The van der Waals surface area contributed by atoms with E-state index in [0.717, 1.165) is 12.0 Å². The zero-order valence-corrected chi connectivity index (χ0v) is 19.1. The molecule has 1 aliphatic heterocycles. The van der Waals surface area contributed by atoms with E-state index in [1.165, 1.54) is 0 Å². The summed E-state index contributed by atoms with van der Waals surface area (Å²) in [4.78, 5) is 32.5. The summed E-state index contributed by atoms with van der Waals surface area (Å²) < 4.78 is 5.39. The first-order valence-electron chi connectivity index (χ1n) is 10.7. The largest absolute Gasteiger partial charge is 0.444 e. The average Bonchev–Trinajstić information content (AvgIpc) is 2.86. The molecule has 0 saturated heterocycles. The lowest BCUT2D eigenvalue weighted by molar-refractivity contribution is -0.132. The fraction of sp³-hybridized carbons (Fsp3) is 0.609. The highest BCUT2D eigenvalue weighted by Gasteiger charge is 2.50. The Hall–Kier alpha value is -2.41. The standard InChI is InChI=1S/C23H36N4O3/c1-16(2)15-23(18-12-8-7-9-13-18)19(28)27(14-10-11-17(3)24)20(26-23)25-21(29)30-22(4,5)6/h7-9,12-13,16-17H,10-11,14-15,24H2,1-6H3,(H,25,26,29)/t17-,23+/m0/s1. The predicted octanol–water partition coefficient (Wildman–Crippen LogP) is 3.78. The van der Waals surface area contributed by atoms with E-state index < -0.39 is 17.2 Å². The van der Waals surface area contributed by atoms with Gasteiger partial charge < -0.3 is 10.5 Å². The maximum Gasteiger partial charge on any atom is 0.414 e. The van der Waals surface area contributed by atoms with Crippen LogP contribution in [0.2, 0.25) is 0 Å². The molecule has 0 spiro atoms. The summed E-state index contributed by atoms with van der Waals surface area (Å²) in [5.41, 5.74) is 4.99. The van der Waals surface area contributed by atoms with Gasteiger partial charge in [0.05, 0.1) is 0 Å². The number of alkyl carbamates (subject to hydrolysis) is 1. The Labute approximate surface area is 180 Å². The summed E-state index contributed by atoms with van der Waals surface area (Å²) in [6, 6.07) is 9.59. The molecule has 1 aliphatic rings. The van der Waals surface area contributed by atoms with Crippen LogP contribution in [0.25, 0.3) is 0 Å². The van der Waals surface area contributed by atoms with E-state index in [2.05, 4.69) is 19.2 Å². The molecule has 0 unspecified atom stereocenters. The minimum atomic E-state index is -1.06. The lowest BCUT2D eigenvalue weighted by Gasteiger charge is -2.28. The monoisotopic (exact) mass is 416 g/mol. The quantitative estimate of drug-likeness (QED) is 0.707. The Morgan fingerprint density at radius 1 is 1.23 bits per heavy atom. The summed E-state index contributed by atoms with van der Waals surface area (Å²) in [6.07, 6.45) is 1.40. The molecule has 0 bridgehead atoms. The number of benzene rings is 1. The third kappa shape index (κ3) is 6.05. The van der Waals surface area contributed by atoms with Gasteiger partial charge in [0.2, 0.25) is 5.96 Å². The molecule has 166 valence electrons. The molecule has 7 heteroatoms. The summed E-state index contributed by atoms with van der Waals surface area (Å²) in [6.45, 7) is 11.9.